The molecule has 0 aromatic carbocycles. The van der Waals surface area contributed by atoms with Gasteiger partial charge in [0.15, 0.2) is 6.04 Å². The van der Waals surface area contributed by atoms with Crippen LogP contribution >= 0.6 is 43.2 Å². The molecule has 0 spiro atoms. The van der Waals surface area contributed by atoms with Crippen LogP contribution in [0, 0.1) is 0 Å². The number of hydrogen-bond donors (Lipinski definition) is 11. The fourth-order valence-electron chi connectivity index (χ4n) is 6.71. The maximum atomic E-state index is 13.6. The number of hydroxylamine groups is 2. The minimum Gasteiger partial charge on any atom is -0.479 e. The first-order valence-corrected chi connectivity index (χ1v) is 31.0. The summed E-state index contributed by atoms with van der Waals surface area (Å²) in [5.41, 5.74) is 0.938. The predicted octanol–water partition coefficient (Wildman–Crippen LogP) is 4.67. The Morgan fingerprint density at radius 1 is 0.595 bits per heavy atom. The molecular formula is C52H77FN16O11S4. The molecule has 6 heterocycles. The molecule has 5 aromatic rings. The highest BCUT2D eigenvalue weighted by Crippen LogP contribution is 2.29. The van der Waals surface area contributed by atoms with Gasteiger partial charge in [-0.25, -0.2) is 34.5 Å². The normalized spacial score (nSPS) is 12.3. The fraction of sp³-hybridized carbons (Fsp3) is 0.462. The van der Waals surface area contributed by atoms with E-state index >= 15 is 0 Å². The van der Waals surface area contributed by atoms with E-state index in [1.54, 1.807) is 18.5 Å². The molecule has 11 N–H and O–H groups in total. The van der Waals surface area contributed by atoms with Gasteiger partial charge in [-0.15, -0.1) is 5.06 Å². The molecule has 6 rings (SSSR count). The number of amides is 7. The number of nitrogens with zero attached hydrogens (tertiary/aromatic N) is 6. The first-order valence-electron chi connectivity index (χ1n) is 26.4. The molecule has 27 nitrogen and oxygen atoms in total. The number of H-pyrrole nitrogens is 3. The lowest BCUT2D eigenvalue weighted by atomic mass is 10.1. The van der Waals surface area contributed by atoms with Crippen molar-refractivity contribution in [1.29, 1.82) is 0 Å². The van der Waals surface area contributed by atoms with Crippen LogP contribution in [0.2, 0.25) is 0 Å². The summed E-state index contributed by atoms with van der Waals surface area (Å²) in [7, 11) is 5.39. The first kappa shape index (κ1) is 74.6. The van der Waals surface area contributed by atoms with Gasteiger partial charge in [-0.2, -0.15) is 0 Å². The van der Waals surface area contributed by atoms with E-state index in [1.165, 1.54) is 80.7 Å². The number of imide groups is 1. The molecule has 32 heteroatoms. The van der Waals surface area contributed by atoms with E-state index in [4.69, 9.17) is 0 Å². The van der Waals surface area contributed by atoms with Crippen molar-refractivity contribution >= 4 is 96.5 Å². The predicted molar refractivity (Wildman–Crippen MR) is 320 cm³/mol. The van der Waals surface area contributed by atoms with Crippen molar-refractivity contribution < 1.29 is 57.8 Å². The Bertz CT molecular complexity index is 2640. The number of carbonyl (C=O) groups excluding carboxylic acids is 8. The van der Waals surface area contributed by atoms with Crippen LogP contribution in [0.25, 0.3) is 0 Å². The van der Waals surface area contributed by atoms with Gasteiger partial charge >= 0.3 is 11.9 Å². The molecular weight excluding hydrogens is 1170 g/mol. The average molecular weight is 1250 g/mol. The van der Waals surface area contributed by atoms with E-state index in [0.29, 0.717) is 23.8 Å². The molecule has 84 heavy (non-hydrogen) atoms. The van der Waals surface area contributed by atoms with Gasteiger partial charge in [0.1, 0.15) is 28.7 Å². The lowest BCUT2D eigenvalue weighted by Crippen LogP contribution is -2.47. The zero-order valence-corrected chi connectivity index (χ0v) is 49.6. The summed E-state index contributed by atoms with van der Waals surface area (Å²) in [6, 6.07) is 7.49. The van der Waals surface area contributed by atoms with Gasteiger partial charge in [0.05, 0.1) is 72.7 Å². The lowest BCUT2D eigenvalue weighted by Gasteiger charge is -2.23. The minimum absolute atomic E-state index is 0. The Hall–Kier alpha value is -7.39. The van der Waals surface area contributed by atoms with Gasteiger partial charge in [0, 0.05) is 31.8 Å². The third-order valence-corrected chi connectivity index (χ3v) is 14.8. The summed E-state index contributed by atoms with van der Waals surface area (Å²) in [4.78, 5) is 142. The molecule has 3 unspecified atom stereocenters. The number of aliphatic carboxylic acids is 1. The molecule has 0 bridgehead atoms. The number of hydrogen-bond acceptors (Lipinski definition) is 21. The van der Waals surface area contributed by atoms with Crippen LogP contribution in [0.15, 0.2) is 96.4 Å². The molecule has 462 valence electrons. The van der Waals surface area contributed by atoms with E-state index < -0.39 is 60.2 Å². The van der Waals surface area contributed by atoms with E-state index in [-0.39, 0.29) is 72.1 Å². The number of pyridine rings is 2. The van der Waals surface area contributed by atoms with Gasteiger partial charge in [0.25, 0.3) is 11.8 Å². The largest absolute Gasteiger partial charge is 0.479 e. The van der Waals surface area contributed by atoms with E-state index in [2.05, 4.69) is 81.9 Å². The number of imidazole rings is 3. The molecule has 1 saturated heterocycles. The van der Waals surface area contributed by atoms with Gasteiger partial charge in [-0.3, -0.25) is 38.3 Å². The number of aromatic amines is 3. The molecule has 3 atom stereocenters. The summed E-state index contributed by atoms with van der Waals surface area (Å²) < 4.78 is 0. The van der Waals surface area contributed by atoms with Gasteiger partial charge in [0.2, 0.25) is 29.5 Å². The van der Waals surface area contributed by atoms with Crippen molar-refractivity contribution in [2.24, 2.45) is 0 Å². The summed E-state index contributed by atoms with van der Waals surface area (Å²) in [6.45, 7) is 10.3. The molecule has 0 aliphatic carbocycles. The number of unbranched alkanes of at least 4 members (excludes halogenated alkanes) is 4. The molecule has 1 fully saturated rings. The Morgan fingerprint density at radius 2 is 1.05 bits per heavy atom. The molecule has 1 aliphatic rings. The summed E-state index contributed by atoms with van der Waals surface area (Å²) in [6.07, 6.45) is 17.1. The van der Waals surface area contributed by atoms with Crippen molar-refractivity contribution in [3.05, 3.63) is 103 Å². The van der Waals surface area contributed by atoms with Gasteiger partial charge in [-0.05, 0) is 91.2 Å². The summed E-state index contributed by atoms with van der Waals surface area (Å²) in [5.74, 6) is -5.01. The van der Waals surface area contributed by atoms with Crippen molar-refractivity contribution in [1.82, 2.24) is 82.2 Å². The lowest BCUT2D eigenvalue weighted by molar-refractivity contribution is -0.196. The molecule has 7 amide bonds. The molecule has 0 saturated carbocycles. The number of halogens is 1. The van der Waals surface area contributed by atoms with Crippen molar-refractivity contribution in [2.45, 2.75) is 115 Å². The third kappa shape index (κ3) is 29.7. The summed E-state index contributed by atoms with van der Waals surface area (Å²) in [5, 5.41) is 31.4. The molecule has 5 aromatic heterocycles. The van der Waals surface area contributed by atoms with E-state index in [1.807, 2.05) is 58.0 Å². The SMILES string of the molecule is C.CC.CC.F.O=C(CNC(=O)CSSc1ccccn1)NCCCCNCCCCCCNC(C(=O)NC(C(=O)NC(C(=O)O)c1cnc[nH]1)c1cnc[nH]1)c1cnc[nH]1.O=C(CSSc1ccccn1)NCC(=O)ON1C(=O)CCC1=O. The highest BCUT2D eigenvalue weighted by Gasteiger charge is 2.34. The second-order valence-electron chi connectivity index (χ2n) is 16.5. The van der Waals surface area contributed by atoms with Crippen LogP contribution in [0.1, 0.15) is 122 Å². The Kier molecular flexibility index (Phi) is 40.1. The van der Waals surface area contributed by atoms with Crippen LogP contribution in [0.5, 0.6) is 0 Å². The first-order chi connectivity index (χ1) is 39.9. The number of rotatable bonds is 34. The van der Waals surface area contributed by atoms with Crippen LogP contribution in [-0.4, -0.2) is 154 Å². The fourth-order valence-corrected chi connectivity index (χ4v) is 10.3. The molecule has 0 radical (unpaired) electrons. The Labute approximate surface area is 502 Å². The maximum Gasteiger partial charge on any atom is 0.352 e. The highest BCUT2D eigenvalue weighted by molar-refractivity contribution is 8.77. The number of aromatic nitrogens is 8. The van der Waals surface area contributed by atoms with Crippen molar-refractivity contribution in [3.63, 3.8) is 0 Å². The summed E-state index contributed by atoms with van der Waals surface area (Å²) >= 11 is 0. The Morgan fingerprint density at radius 3 is 1.54 bits per heavy atom. The van der Waals surface area contributed by atoms with Crippen LogP contribution in [0.4, 0.5) is 4.70 Å². The smallest absolute Gasteiger partial charge is 0.352 e. The quantitative estimate of drug-likeness (QED) is 0.0151. The second kappa shape index (κ2) is 45.1. The minimum atomic E-state index is -1.42. The third-order valence-electron chi connectivity index (χ3n) is 10.6. The van der Waals surface area contributed by atoms with E-state index in [0.717, 1.165) is 61.7 Å². The number of carboxylic acid groups (broad SMARTS) is 1. The number of nitrogens with one attached hydrogen (secondary N) is 10. The monoisotopic (exact) mass is 1250 g/mol. The van der Waals surface area contributed by atoms with Crippen LogP contribution in [0.3, 0.4) is 0 Å². The molecule has 1 aliphatic heterocycles. The highest BCUT2D eigenvalue weighted by atomic mass is 33.1. The van der Waals surface area contributed by atoms with Crippen LogP contribution in [-0.2, 0) is 48.0 Å². The Balaban J connectivity index is 0.00000102. The zero-order valence-electron chi connectivity index (χ0n) is 46.4. The average Bonchev–Trinajstić information content (AvgIpc) is 4.49. The van der Waals surface area contributed by atoms with Crippen LogP contribution < -0.4 is 37.2 Å². The topological polar surface area (TPSA) is 382 Å². The second-order valence-corrected chi connectivity index (χ2v) is 21.1. The van der Waals surface area contributed by atoms with Crippen molar-refractivity contribution in [3.8, 4) is 0 Å². The maximum absolute atomic E-state index is 13.6. The number of carboxylic acids is 1. The van der Waals surface area contributed by atoms with Crippen molar-refractivity contribution in [2.75, 3.05) is 50.8 Å². The standard InChI is InChI=1S/C34H47N13O6S2.C13H13N3O5S2.2C2H6.CH4.FH/c48-26(18-42-27(49)19-54-55-28-9-3-6-13-40-28)39-12-8-7-11-35-10-4-1-2-5-14-41-29(23-15-36-20-43-23)32(50)46-30(24-16-37-21-44-24)33(51)47-31(34(52)53)25-17-38-22-45-25;17-9(8-22-23-10-3-1-2-6-14-10)15-7-13(20)21-16-11(18)4-5-12(16)19;2*1-2;;/h3,6,9,13,15-17,20-22,29-31,35,41H,1-2,4-5,7-8,10-12,14,18-19H2,(H,36,43)(H,37,44)(H,38,45)(H,39,48)(H,42,49)(H,46,50)(H,47,51)(H,52,53);1-3,6H,4-5,7-8H2,(H,15,17);2*1-2H3;1H4;1H. The van der Waals surface area contributed by atoms with Gasteiger partial charge < -0.3 is 62.1 Å². The van der Waals surface area contributed by atoms with Gasteiger partial charge in [-0.1, -0.05) is 81.7 Å². The number of carbonyl (C=O) groups is 9. The van der Waals surface area contributed by atoms with E-state index in [9.17, 15) is 48.3 Å². The zero-order chi connectivity index (χ0) is 59.7.